The monoisotopic (exact) mass is 465 g/mol. The number of aromatic nitrogens is 1. The molecule has 0 saturated carbocycles. The van der Waals surface area contributed by atoms with E-state index in [4.69, 9.17) is 0 Å². The minimum atomic E-state index is -4.15. The maximum Gasteiger partial charge on any atom is 0.401 e. The minimum Gasteiger partial charge on any atom is -0.356 e. The molecule has 1 aromatic rings. The van der Waals surface area contributed by atoms with Crippen molar-refractivity contribution < 1.29 is 13.2 Å². The fourth-order valence-electron chi connectivity index (χ4n) is 1.80. The largest absolute Gasteiger partial charge is 0.401 e. The number of hydrogen-bond donors (Lipinski definition) is 2. The predicted octanol–water partition coefficient (Wildman–Crippen LogP) is 2.62. The summed E-state index contributed by atoms with van der Waals surface area (Å²) in [5, 5.41) is 7.15. The molecule has 0 radical (unpaired) electrons. The molecule has 0 bridgehead atoms. The van der Waals surface area contributed by atoms with Gasteiger partial charge in [-0.1, -0.05) is 0 Å². The third-order valence-electron chi connectivity index (χ3n) is 2.76. The highest BCUT2D eigenvalue weighted by Gasteiger charge is 2.28. The van der Waals surface area contributed by atoms with E-state index in [-0.39, 0.29) is 24.0 Å². The van der Waals surface area contributed by atoms with Crippen LogP contribution in [0.1, 0.15) is 16.3 Å². The van der Waals surface area contributed by atoms with Crippen molar-refractivity contribution in [3.63, 3.8) is 0 Å². The van der Waals surface area contributed by atoms with Crippen LogP contribution in [0.15, 0.2) is 11.2 Å². The Morgan fingerprint density at radius 3 is 2.61 bits per heavy atom. The average molecular weight is 465 g/mol. The van der Waals surface area contributed by atoms with Crippen LogP contribution in [0.3, 0.4) is 0 Å². The van der Waals surface area contributed by atoms with Crippen LogP contribution in [-0.2, 0) is 6.54 Å². The Morgan fingerprint density at radius 1 is 1.39 bits per heavy atom. The Labute approximate surface area is 155 Å². The van der Waals surface area contributed by atoms with Gasteiger partial charge in [0.05, 0.1) is 13.1 Å². The molecule has 0 aromatic carbocycles. The standard InChI is InChI=1S/C13H22F3N5S.HI/c1-10-7-19-11(22-10)8-20-12(17-2)18-5-4-6-21(3)9-13(14,15)16;/h7H,4-6,8-9H2,1-3H3,(H2,17,18,20);1H. The lowest BCUT2D eigenvalue weighted by molar-refractivity contribution is -0.143. The van der Waals surface area contributed by atoms with Gasteiger partial charge in [-0.25, -0.2) is 4.98 Å². The van der Waals surface area contributed by atoms with Crippen molar-refractivity contribution in [2.75, 3.05) is 33.7 Å². The minimum absolute atomic E-state index is 0. The summed E-state index contributed by atoms with van der Waals surface area (Å²) in [6, 6.07) is 0. The van der Waals surface area contributed by atoms with Crippen molar-refractivity contribution in [2.24, 2.45) is 4.99 Å². The quantitative estimate of drug-likeness (QED) is 0.282. The Balaban J connectivity index is 0.00000484. The molecule has 0 aliphatic carbocycles. The second-order valence-corrected chi connectivity index (χ2v) is 6.24. The smallest absolute Gasteiger partial charge is 0.356 e. The number of aliphatic imine (C=N–C) groups is 1. The van der Waals surface area contributed by atoms with E-state index in [1.165, 1.54) is 11.9 Å². The predicted molar refractivity (Wildman–Crippen MR) is 98.6 cm³/mol. The van der Waals surface area contributed by atoms with E-state index >= 15 is 0 Å². The maximum absolute atomic E-state index is 12.2. The van der Waals surface area contributed by atoms with Gasteiger partial charge in [-0.2, -0.15) is 13.2 Å². The first-order valence-corrected chi connectivity index (χ1v) is 7.73. The van der Waals surface area contributed by atoms with Crippen LogP contribution in [-0.4, -0.2) is 55.7 Å². The Kier molecular flexibility index (Phi) is 10.7. The van der Waals surface area contributed by atoms with Crippen LogP contribution >= 0.6 is 35.3 Å². The molecule has 0 atom stereocenters. The second-order valence-electron chi connectivity index (χ2n) is 4.92. The van der Waals surface area contributed by atoms with E-state index in [0.717, 1.165) is 9.88 Å². The van der Waals surface area contributed by atoms with Crippen molar-refractivity contribution in [2.45, 2.75) is 26.1 Å². The summed E-state index contributed by atoms with van der Waals surface area (Å²) in [6.45, 7) is 2.61. The normalized spacial score (nSPS) is 12.2. The lowest BCUT2D eigenvalue weighted by Crippen LogP contribution is -2.38. The molecule has 1 aromatic heterocycles. The van der Waals surface area contributed by atoms with E-state index in [1.54, 1.807) is 18.4 Å². The number of thiazole rings is 1. The highest BCUT2D eigenvalue weighted by molar-refractivity contribution is 14.0. The summed E-state index contributed by atoms with van der Waals surface area (Å²) in [6.07, 6.45) is -1.73. The Morgan fingerprint density at radius 2 is 2.09 bits per heavy atom. The molecule has 0 unspecified atom stereocenters. The molecule has 0 aliphatic rings. The van der Waals surface area contributed by atoms with Gasteiger partial charge in [0, 0.05) is 24.7 Å². The molecule has 23 heavy (non-hydrogen) atoms. The molecule has 0 amide bonds. The van der Waals surface area contributed by atoms with E-state index < -0.39 is 12.7 Å². The molecular formula is C13H23F3IN5S. The van der Waals surface area contributed by atoms with Crippen LogP contribution in [0.4, 0.5) is 13.2 Å². The van der Waals surface area contributed by atoms with Crippen molar-refractivity contribution in [3.05, 3.63) is 16.1 Å². The first-order chi connectivity index (χ1) is 10.3. The van der Waals surface area contributed by atoms with Gasteiger partial charge in [-0.3, -0.25) is 9.89 Å². The molecule has 1 heterocycles. The summed E-state index contributed by atoms with van der Waals surface area (Å²) in [4.78, 5) is 10.7. The van der Waals surface area contributed by atoms with Gasteiger partial charge >= 0.3 is 6.18 Å². The van der Waals surface area contributed by atoms with Crippen molar-refractivity contribution in [3.8, 4) is 0 Å². The molecule has 0 fully saturated rings. The second kappa shape index (κ2) is 11.0. The number of nitrogens with one attached hydrogen (secondary N) is 2. The number of rotatable bonds is 7. The number of guanidine groups is 1. The molecule has 0 saturated heterocycles. The molecule has 134 valence electrons. The SMILES string of the molecule is CN=C(NCCCN(C)CC(F)(F)F)NCc1ncc(C)s1.I. The number of nitrogens with zero attached hydrogens (tertiary/aromatic N) is 3. The van der Waals surface area contributed by atoms with E-state index in [2.05, 4.69) is 20.6 Å². The Hall–Kier alpha value is -0.620. The van der Waals surface area contributed by atoms with Gasteiger partial charge in [0.1, 0.15) is 5.01 Å². The van der Waals surface area contributed by atoms with Gasteiger partial charge in [0.25, 0.3) is 0 Å². The fraction of sp³-hybridized carbons (Fsp3) is 0.692. The first-order valence-electron chi connectivity index (χ1n) is 6.91. The zero-order valence-electron chi connectivity index (χ0n) is 13.4. The third kappa shape index (κ3) is 10.7. The maximum atomic E-state index is 12.2. The van der Waals surface area contributed by atoms with Crippen molar-refractivity contribution in [1.29, 1.82) is 0 Å². The topological polar surface area (TPSA) is 52.6 Å². The summed E-state index contributed by atoms with van der Waals surface area (Å²) in [5.41, 5.74) is 0. The number of alkyl halides is 3. The lowest BCUT2D eigenvalue weighted by atomic mass is 10.4. The van der Waals surface area contributed by atoms with Crippen LogP contribution < -0.4 is 10.6 Å². The third-order valence-corrected chi connectivity index (χ3v) is 3.67. The molecule has 10 heteroatoms. The van der Waals surface area contributed by atoms with E-state index in [9.17, 15) is 13.2 Å². The van der Waals surface area contributed by atoms with Gasteiger partial charge in [0.15, 0.2) is 5.96 Å². The summed E-state index contributed by atoms with van der Waals surface area (Å²) < 4.78 is 36.5. The van der Waals surface area contributed by atoms with Gasteiger partial charge in [-0.15, -0.1) is 35.3 Å². The molecule has 1 rings (SSSR count). The number of aryl methyl sites for hydroxylation is 1. The first kappa shape index (κ1) is 22.4. The number of halogens is 4. The zero-order valence-corrected chi connectivity index (χ0v) is 16.6. The van der Waals surface area contributed by atoms with Crippen LogP contribution in [0, 0.1) is 6.92 Å². The molecule has 0 aliphatic heterocycles. The van der Waals surface area contributed by atoms with E-state index in [1.807, 2.05) is 13.1 Å². The highest BCUT2D eigenvalue weighted by Crippen LogP contribution is 2.15. The van der Waals surface area contributed by atoms with Gasteiger partial charge in [0.2, 0.25) is 0 Å². The molecule has 5 nitrogen and oxygen atoms in total. The van der Waals surface area contributed by atoms with Crippen molar-refractivity contribution in [1.82, 2.24) is 20.5 Å². The van der Waals surface area contributed by atoms with Crippen LogP contribution in [0.5, 0.6) is 0 Å². The summed E-state index contributed by atoms with van der Waals surface area (Å²) >= 11 is 1.61. The Bertz CT molecular complexity index is 478. The molecule has 0 spiro atoms. The summed E-state index contributed by atoms with van der Waals surface area (Å²) in [5.74, 6) is 0.617. The van der Waals surface area contributed by atoms with E-state index in [0.29, 0.717) is 32.0 Å². The number of hydrogen-bond acceptors (Lipinski definition) is 4. The average Bonchev–Trinajstić information content (AvgIpc) is 2.81. The lowest BCUT2D eigenvalue weighted by Gasteiger charge is -2.18. The summed E-state index contributed by atoms with van der Waals surface area (Å²) in [7, 11) is 3.11. The molecular weight excluding hydrogens is 442 g/mol. The van der Waals surface area contributed by atoms with Crippen molar-refractivity contribution >= 4 is 41.3 Å². The fourth-order valence-corrected chi connectivity index (χ4v) is 2.53. The van der Waals surface area contributed by atoms with Crippen LogP contribution in [0.25, 0.3) is 0 Å². The van der Waals surface area contributed by atoms with Gasteiger partial charge < -0.3 is 10.6 Å². The zero-order chi connectivity index (χ0) is 16.6. The molecule has 2 N–H and O–H groups in total. The van der Waals surface area contributed by atoms with Crippen LogP contribution in [0.2, 0.25) is 0 Å². The van der Waals surface area contributed by atoms with Gasteiger partial charge in [-0.05, 0) is 26.9 Å². The highest BCUT2D eigenvalue weighted by atomic mass is 127.